The number of carboxylic acids is 1. The normalized spacial score (nSPS) is 17.6. The highest BCUT2D eigenvalue weighted by Crippen LogP contribution is 2.44. The molecule has 21 nitrogen and oxygen atoms in total. The summed E-state index contributed by atoms with van der Waals surface area (Å²) in [6.07, 6.45) is 9.31. The number of rotatable bonds is 19. The Morgan fingerprint density at radius 3 is 0.947 bits per heavy atom. The van der Waals surface area contributed by atoms with E-state index in [0.29, 0.717) is 84.4 Å². The Morgan fingerprint density at radius 2 is 0.697 bits per heavy atom. The van der Waals surface area contributed by atoms with Gasteiger partial charge < -0.3 is 59.4 Å². The number of carbonyl (C=O) groups excluding carboxylic acids is 8. The molecule has 2 amide bonds. The van der Waals surface area contributed by atoms with Crippen molar-refractivity contribution in [2.24, 2.45) is 16.6 Å². The summed E-state index contributed by atoms with van der Waals surface area (Å²) in [5.41, 5.74) is 2.87. The van der Waals surface area contributed by atoms with E-state index < -0.39 is 63.5 Å². The van der Waals surface area contributed by atoms with Gasteiger partial charge in [0.05, 0.1) is 39.6 Å². The smallest absolute Gasteiger partial charge is 0.408 e. The van der Waals surface area contributed by atoms with Crippen molar-refractivity contribution in [3.05, 3.63) is 71.8 Å². The summed E-state index contributed by atoms with van der Waals surface area (Å²) < 4.78 is 39.5. The van der Waals surface area contributed by atoms with E-state index in [2.05, 4.69) is 10.6 Å². The third-order valence-electron chi connectivity index (χ3n) is 13.6. The van der Waals surface area contributed by atoms with E-state index in [1.807, 2.05) is 60.7 Å². The fourth-order valence-electron chi connectivity index (χ4n) is 8.17. The predicted octanol–water partition coefficient (Wildman–Crippen LogP) is 7.32. The fourth-order valence-corrected chi connectivity index (χ4v) is 8.17. The Morgan fingerprint density at radius 1 is 0.408 bits per heavy atom. The van der Waals surface area contributed by atoms with Crippen LogP contribution in [0.2, 0.25) is 0 Å². The molecule has 422 valence electrons. The molecule has 7 rings (SSSR count). The van der Waals surface area contributed by atoms with Gasteiger partial charge in [-0.2, -0.15) is 0 Å². The van der Waals surface area contributed by atoms with Crippen molar-refractivity contribution in [1.29, 1.82) is 0 Å². The van der Waals surface area contributed by atoms with Gasteiger partial charge in [0.25, 0.3) is 0 Å². The molecule has 21 heteroatoms. The van der Waals surface area contributed by atoms with Crippen molar-refractivity contribution in [3.8, 4) is 0 Å². The van der Waals surface area contributed by atoms with Gasteiger partial charge in [0.2, 0.25) is 0 Å². The van der Waals surface area contributed by atoms with Crippen LogP contribution in [0, 0.1) is 10.8 Å². The number of hydrogen-bond donors (Lipinski definition) is 4. The second-order valence-electron chi connectivity index (χ2n) is 18.8. The molecular formula is C55H79N3O18. The minimum Gasteiger partial charge on any atom is -0.480 e. The molecule has 5 N–H and O–H groups in total. The third kappa shape index (κ3) is 17.7. The maximum absolute atomic E-state index is 11.9. The van der Waals surface area contributed by atoms with Crippen LogP contribution in [-0.2, 0) is 84.7 Å². The summed E-state index contributed by atoms with van der Waals surface area (Å²) in [6, 6.07) is 18.8. The molecule has 0 unspecified atom stereocenters. The number of benzene rings is 2. The standard InChI is InChI=1S/2C15H19NO4.C10H16O4.C8H12O4.C7H13NO2/c2*1-2-19-13(17)15(9-6-10-15)16-14(18)20-11-12-7-4-3-5-8-12;1-3-13-8(11)10(6-5-7-10)9(12)14-4-2;1-2-12-7(11)8(6(9)10)4-3-5-8;1-2-10-6(9)7(8)4-3-5-7/h2*3-5,7-8H,2,6,9-11H2,1H3,(H,16,18);3-7H2,1-2H3;2-5H2,1H3,(H,9,10);2-5,8H2,1H3. The first kappa shape index (κ1) is 63.5. The van der Waals surface area contributed by atoms with Crippen LogP contribution in [0.3, 0.4) is 0 Å². The van der Waals surface area contributed by atoms with Gasteiger partial charge >= 0.3 is 54.0 Å². The van der Waals surface area contributed by atoms with Gasteiger partial charge in [-0.1, -0.05) is 60.7 Å². The number of aliphatic carboxylic acids is 1. The highest BCUT2D eigenvalue weighted by Gasteiger charge is 2.54. The number of amides is 2. The molecule has 0 bridgehead atoms. The molecule has 2 aromatic carbocycles. The zero-order valence-corrected chi connectivity index (χ0v) is 45.0. The van der Waals surface area contributed by atoms with E-state index >= 15 is 0 Å². The Balaban J connectivity index is 0.000000256. The highest BCUT2D eigenvalue weighted by molar-refractivity contribution is 6.01. The molecule has 5 fully saturated rings. The van der Waals surface area contributed by atoms with E-state index in [-0.39, 0.29) is 37.7 Å². The Hall–Kier alpha value is -6.77. The van der Waals surface area contributed by atoms with E-state index in [1.165, 1.54) is 0 Å². The Bertz CT molecular complexity index is 2090. The first-order valence-corrected chi connectivity index (χ1v) is 26.3. The van der Waals surface area contributed by atoms with E-state index in [0.717, 1.165) is 56.1 Å². The summed E-state index contributed by atoms with van der Waals surface area (Å²) in [5.74, 6) is -3.46. The van der Waals surface area contributed by atoms with Crippen molar-refractivity contribution in [3.63, 3.8) is 0 Å². The summed E-state index contributed by atoms with van der Waals surface area (Å²) in [7, 11) is 0. The molecule has 5 aliphatic rings. The zero-order valence-electron chi connectivity index (χ0n) is 45.0. The SMILES string of the molecule is CCOC(=O)C1(C(=O)O)CCC1.CCOC(=O)C1(C(=O)OCC)CCC1.CCOC(=O)C1(N)CCC1.CCOC(=O)C1(NC(=O)OCc2ccccc2)CCC1.CCOC(=O)C1(NC(=O)OCc2ccccc2)CCC1. The third-order valence-corrected chi connectivity index (χ3v) is 13.6. The van der Waals surface area contributed by atoms with Crippen molar-refractivity contribution >= 4 is 54.0 Å². The largest absolute Gasteiger partial charge is 0.480 e. The lowest BCUT2D eigenvalue weighted by molar-refractivity contribution is -0.179. The number of nitrogens with two attached hydrogens (primary N) is 1. The number of alkyl carbamates (subject to hydrolysis) is 2. The Labute approximate surface area is 445 Å². The van der Waals surface area contributed by atoms with Gasteiger partial charge in [0.1, 0.15) is 29.8 Å². The maximum Gasteiger partial charge on any atom is 0.408 e. The average Bonchev–Trinajstić information content (AvgIpc) is 3.33. The van der Waals surface area contributed by atoms with Crippen LogP contribution in [0.1, 0.15) is 149 Å². The summed E-state index contributed by atoms with van der Waals surface area (Å²) in [6.45, 7) is 12.7. The monoisotopic (exact) mass is 1070 g/mol. The van der Waals surface area contributed by atoms with Crippen LogP contribution in [0.25, 0.3) is 0 Å². The maximum atomic E-state index is 11.9. The molecule has 0 spiro atoms. The summed E-state index contributed by atoms with van der Waals surface area (Å²) >= 11 is 0. The van der Waals surface area contributed by atoms with Gasteiger partial charge in [-0.15, -0.1) is 0 Å². The molecule has 0 aliphatic heterocycles. The molecular weight excluding hydrogens is 991 g/mol. The molecule has 76 heavy (non-hydrogen) atoms. The highest BCUT2D eigenvalue weighted by atomic mass is 16.6. The van der Waals surface area contributed by atoms with Crippen molar-refractivity contribution in [2.75, 3.05) is 39.6 Å². The fraction of sp³-hybridized carbons (Fsp3) is 0.618. The average molecular weight is 1070 g/mol. The van der Waals surface area contributed by atoms with E-state index in [9.17, 15) is 43.2 Å². The lowest BCUT2D eigenvalue weighted by Gasteiger charge is -2.39. The van der Waals surface area contributed by atoms with Crippen molar-refractivity contribution < 1.29 is 86.2 Å². The lowest BCUT2D eigenvalue weighted by Crippen LogP contribution is -2.59. The minimum absolute atomic E-state index is 0.186. The van der Waals surface area contributed by atoms with E-state index in [1.54, 1.807) is 41.5 Å². The zero-order chi connectivity index (χ0) is 56.3. The van der Waals surface area contributed by atoms with Crippen molar-refractivity contribution in [1.82, 2.24) is 10.6 Å². The Kier molecular flexibility index (Phi) is 26.2. The number of esters is 6. The number of ether oxygens (including phenoxy) is 8. The quantitative estimate of drug-likeness (QED) is 0.0608. The lowest BCUT2D eigenvalue weighted by atomic mass is 9.69. The second-order valence-corrected chi connectivity index (χ2v) is 18.8. The molecule has 0 heterocycles. The molecule has 0 saturated heterocycles. The van der Waals surface area contributed by atoms with Crippen LogP contribution < -0.4 is 16.4 Å². The summed E-state index contributed by atoms with van der Waals surface area (Å²) in [4.78, 5) is 103. The molecule has 0 radical (unpaired) electrons. The number of nitrogens with one attached hydrogen (secondary N) is 2. The van der Waals surface area contributed by atoms with Gasteiger partial charge in [0.15, 0.2) is 10.8 Å². The predicted molar refractivity (Wildman–Crippen MR) is 273 cm³/mol. The van der Waals surface area contributed by atoms with Gasteiger partial charge in [0, 0.05) is 0 Å². The van der Waals surface area contributed by atoms with Crippen LogP contribution in [0.15, 0.2) is 60.7 Å². The van der Waals surface area contributed by atoms with Crippen LogP contribution in [0.5, 0.6) is 0 Å². The van der Waals surface area contributed by atoms with Crippen LogP contribution in [-0.4, -0.2) is 115 Å². The molecule has 5 aliphatic carbocycles. The number of carbonyl (C=O) groups is 9. The van der Waals surface area contributed by atoms with Gasteiger partial charge in [-0.05, 0) is 149 Å². The second kappa shape index (κ2) is 31.3. The minimum atomic E-state index is -1.21. The number of carboxylic acid groups (broad SMARTS) is 1. The van der Waals surface area contributed by atoms with Crippen LogP contribution in [0.4, 0.5) is 9.59 Å². The van der Waals surface area contributed by atoms with Crippen molar-refractivity contribution in [2.45, 2.75) is 168 Å². The van der Waals surface area contributed by atoms with Crippen LogP contribution >= 0.6 is 0 Å². The summed E-state index contributed by atoms with van der Waals surface area (Å²) in [5, 5.41) is 14.1. The molecule has 0 aromatic heterocycles. The molecule has 0 atom stereocenters. The molecule has 2 aromatic rings. The number of hydrogen-bond acceptors (Lipinski definition) is 18. The van der Waals surface area contributed by atoms with E-state index in [4.69, 9.17) is 48.7 Å². The first-order chi connectivity index (χ1) is 36.3. The van der Waals surface area contributed by atoms with Gasteiger partial charge in [-0.3, -0.25) is 24.0 Å². The first-order valence-electron chi connectivity index (χ1n) is 26.3. The topological polar surface area (TPSA) is 298 Å². The van der Waals surface area contributed by atoms with Gasteiger partial charge in [-0.25, -0.2) is 19.2 Å². The molecule has 5 saturated carbocycles.